The molecule has 0 aliphatic heterocycles. The Kier molecular flexibility index (Phi) is 16.4. The summed E-state index contributed by atoms with van der Waals surface area (Å²) in [6.45, 7) is 14.7. The first-order chi connectivity index (χ1) is 23.2. The average molecular weight is 647 g/mol. The van der Waals surface area contributed by atoms with Crippen molar-refractivity contribution in [2.45, 2.75) is 92.9 Å². The van der Waals surface area contributed by atoms with Gasteiger partial charge in [0.05, 0.1) is 35.7 Å². The van der Waals surface area contributed by atoms with E-state index in [1.165, 1.54) is 38.5 Å². The number of allylic oxidation sites excluding steroid dienone is 2. The summed E-state index contributed by atoms with van der Waals surface area (Å²) in [6, 6.07) is 19.6. The summed E-state index contributed by atoms with van der Waals surface area (Å²) in [5.74, 6) is 3.75. The lowest BCUT2D eigenvalue weighted by Gasteiger charge is -2.18. The van der Waals surface area contributed by atoms with Crippen LogP contribution in [0.1, 0.15) is 115 Å². The lowest BCUT2D eigenvalue weighted by atomic mass is 9.97. The van der Waals surface area contributed by atoms with Gasteiger partial charge in [-0.15, -0.1) is 0 Å². The number of nitrogens with zero attached hydrogens (tertiary/aromatic N) is 4. The van der Waals surface area contributed by atoms with Crippen LogP contribution in [0, 0.1) is 46.3 Å². The van der Waals surface area contributed by atoms with Gasteiger partial charge in [0.1, 0.15) is 23.6 Å². The van der Waals surface area contributed by atoms with Crippen LogP contribution in [0.25, 0.3) is 23.3 Å². The second kappa shape index (κ2) is 20.7. The minimum atomic E-state index is 0.432. The van der Waals surface area contributed by atoms with Crippen molar-refractivity contribution in [1.29, 1.82) is 10.5 Å². The second-order valence-corrected chi connectivity index (χ2v) is 13.8. The first kappa shape index (κ1) is 38.0. The minimum Gasteiger partial charge on any atom is -0.493 e. The highest BCUT2D eigenvalue weighted by Crippen LogP contribution is 2.35. The highest BCUT2D eigenvalue weighted by atomic mass is 16.5. The van der Waals surface area contributed by atoms with Crippen LogP contribution in [-0.4, -0.2) is 23.2 Å². The van der Waals surface area contributed by atoms with Gasteiger partial charge in [-0.3, -0.25) is 9.97 Å². The van der Waals surface area contributed by atoms with Gasteiger partial charge in [-0.05, 0) is 85.1 Å². The Labute approximate surface area is 289 Å². The Hall–Kier alpha value is -4.42. The fourth-order valence-corrected chi connectivity index (χ4v) is 5.53. The summed E-state index contributed by atoms with van der Waals surface area (Å²) in [5, 5.41) is 20.3. The van der Waals surface area contributed by atoms with Crippen molar-refractivity contribution in [3.8, 4) is 23.6 Å². The van der Waals surface area contributed by atoms with E-state index in [1.807, 2.05) is 60.7 Å². The SMILES string of the molecule is CC(C)CCCC(C)CCOc1cc(/C=C(/C#N)c2ccccn2)c(OCCC(C)CCCC(C)C)cc1/C=C(/C#N)c1ccccn1. The predicted octanol–water partition coefficient (Wildman–Crippen LogP) is 11.1. The summed E-state index contributed by atoms with van der Waals surface area (Å²) in [4.78, 5) is 8.83. The van der Waals surface area contributed by atoms with Crippen molar-refractivity contribution in [2.75, 3.05) is 13.2 Å². The van der Waals surface area contributed by atoms with Gasteiger partial charge in [-0.25, -0.2) is 0 Å². The normalized spacial score (nSPS) is 13.2. The Morgan fingerprint density at radius 1 is 0.625 bits per heavy atom. The molecule has 1 aromatic carbocycles. The standard InChI is InChI=1S/C42H54N4O2/c1-31(2)13-11-15-33(5)19-23-47-41-27-36(26-38(30-44)40-18-8-10-22-46-40)42(48-24-20-34(6)16-12-14-32(3)4)28-35(41)25-37(29-43)39-17-7-9-21-45-39/h7-10,17-18,21-22,25-28,31-34H,11-16,19-20,23-24H2,1-6H3/b37-25-,38-26-. The van der Waals surface area contributed by atoms with Gasteiger partial charge in [0.25, 0.3) is 0 Å². The molecule has 0 N–H and O–H groups in total. The number of rotatable bonds is 20. The van der Waals surface area contributed by atoms with Gasteiger partial charge in [-0.2, -0.15) is 10.5 Å². The van der Waals surface area contributed by atoms with Crippen LogP contribution in [-0.2, 0) is 0 Å². The summed E-state index contributed by atoms with van der Waals surface area (Å²) in [5.41, 5.74) is 3.52. The monoisotopic (exact) mass is 646 g/mol. The zero-order chi connectivity index (χ0) is 34.7. The first-order valence-corrected chi connectivity index (χ1v) is 17.7. The Bertz CT molecular complexity index is 1410. The third kappa shape index (κ3) is 13.4. The van der Waals surface area contributed by atoms with Crippen molar-refractivity contribution in [3.63, 3.8) is 0 Å². The van der Waals surface area contributed by atoms with Crippen LogP contribution in [0.3, 0.4) is 0 Å². The van der Waals surface area contributed by atoms with E-state index < -0.39 is 0 Å². The maximum atomic E-state index is 10.1. The summed E-state index contributed by atoms with van der Waals surface area (Å²) >= 11 is 0. The van der Waals surface area contributed by atoms with Crippen LogP contribution in [0.5, 0.6) is 11.5 Å². The van der Waals surface area contributed by atoms with Crippen molar-refractivity contribution in [1.82, 2.24) is 9.97 Å². The van der Waals surface area contributed by atoms with Crippen LogP contribution in [0.2, 0.25) is 0 Å². The molecule has 2 heterocycles. The average Bonchev–Trinajstić information content (AvgIpc) is 3.07. The maximum absolute atomic E-state index is 10.1. The smallest absolute Gasteiger partial charge is 0.127 e. The highest BCUT2D eigenvalue weighted by Gasteiger charge is 2.16. The number of benzene rings is 1. The van der Waals surface area contributed by atoms with E-state index in [9.17, 15) is 10.5 Å². The molecule has 2 aromatic heterocycles. The topological polar surface area (TPSA) is 91.8 Å². The van der Waals surface area contributed by atoms with Crippen molar-refractivity contribution < 1.29 is 9.47 Å². The number of pyridine rings is 2. The second-order valence-electron chi connectivity index (χ2n) is 13.8. The lowest BCUT2D eigenvalue weighted by Crippen LogP contribution is -2.08. The molecule has 48 heavy (non-hydrogen) atoms. The third-order valence-corrected chi connectivity index (χ3v) is 8.56. The van der Waals surface area contributed by atoms with E-state index in [1.54, 1.807) is 12.4 Å². The van der Waals surface area contributed by atoms with Crippen molar-refractivity contribution in [2.24, 2.45) is 23.7 Å². The van der Waals surface area contributed by atoms with Gasteiger partial charge in [0, 0.05) is 23.5 Å². The number of aromatic nitrogens is 2. The highest BCUT2D eigenvalue weighted by molar-refractivity contribution is 5.92. The molecule has 0 aliphatic carbocycles. The molecule has 0 fully saturated rings. The molecule has 0 spiro atoms. The predicted molar refractivity (Wildman–Crippen MR) is 198 cm³/mol. The molecule has 0 aliphatic rings. The molecule has 0 radical (unpaired) electrons. The fourth-order valence-electron chi connectivity index (χ4n) is 5.53. The van der Waals surface area contributed by atoms with E-state index in [4.69, 9.17) is 9.47 Å². The molecule has 0 saturated carbocycles. The molecule has 6 heteroatoms. The quantitative estimate of drug-likeness (QED) is 0.113. The van der Waals surface area contributed by atoms with Crippen LogP contribution >= 0.6 is 0 Å². The van der Waals surface area contributed by atoms with E-state index >= 15 is 0 Å². The molecule has 3 aromatic rings. The molecular weight excluding hydrogens is 592 g/mol. The first-order valence-electron chi connectivity index (χ1n) is 17.7. The zero-order valence-corrected chi connectivity index (χ0v) is 29.9. The third-order valence-electron chi connectivity index (χ3n) is 8.56. The van der Waals surface area contributed by atoms with E-state index in [0.29, 0.717) is 70.9 Å². The zero-order valence-electron chi connectivity index (χ0n) is 29.9. The van der Waals surface area contributed by atoms with Crippen LogP contribution in [0.4, 0.5) is 0 Å². The summed E-state index contributed by atoms with van der Waals surface area (Å²) < 4.78 is 13.0. The van der Waals surface area contributed by atoms with E-state index in [0.717, 1.165) is 24.0 Å². The molecular formula is C42H54N4O2. The largest absolute Gasteiger partial charge is 0.493 e. The number of nitriles is 2. The molecule has 0 bridgehead atoms. The van der Waals surface area contributed by atoms with Gasteiger partial charge in [-0.1, -0.05) is 92.2 Å². The molecule has 6 nitrogen and oxygen atoms in total. The number of ether oxygens (including phenoxy) is 2. The Morgan fingerprint density at radius 3 is 1.38 bits per heavy atom. The fraction of sp³-hybridized carbons (Fsp3) is 0.476. The van der Waals surface area contributed by atoms with Crippen LogP contribution in [0.15, 0.2) is 60.9 Å². The molecule has 0 saturated heterocycles. The number of hydrogen-bond donors (Lipinski definition) is 0. The van der Waals surface area contributed by atoms with Crippen molar-refractivity contribution >= 4 is 23.3 Å². The lowest BCUT2D eigenvalue weighted by molar-refractivity contribution is 0.268. The van der Waals surface area contributed by atoms with Gasteiger partial charge >= 0.3 is 0 Å². The van der Waals surface area contributed by atoms with E-state index in [2.05, 4.69) is 63.6 Å². The van der Waals surface area contributed by atoms with E-state index in [-0.39, 0.29) is 0 Å². The Balaban J connectivity index is 2.00. The molecule has 3 rings (SSSR count). The molecule has 2 atom stereocenters. The maximum Gasteiger partial charge on any atom is 0.127 e. The van der Waals surface area contributed by atoms with Crippen LogP contribution < -0.4 is 9.47 Å². The van der Waals surface area contributed by atoms with Gasteiger partial charge < -0.3 is 9.47 Å². The van der Waals surface area contributed by atoms with Gasteiger partial charge in [0.15, 0.2) is 0 Å². The Morgan fingerprint density at radius 2 is 1.04 bits per heavy atom. The molecule has 254 valence electrons. The summed E-state index contributed by atoms with van der Waals surface area (Å²) in [7, 11) is 0. The minimum absolute atomic E-state index is 0.432. The number of hydrogen-bond acceptors (Lipinski definition) is 6. The molecule has 2 unspecified atom stereocenters. The summed E-state index contributed by atoms with van der Waals surface area (Å²) in [6.07, 6.45) is 16.1. The van der Waals surface area contributed by atoms with Gasteiger partial charge in [0.2, 0.25) is 0 Å². The molecule has 0 amide bonds. The van der Waals surface area contributed by atoms with Crippen molar-refractivity contribution in [3.05, 3.63) is 83.4 Å².